The van der Waals surface area contributed by atoms with E-state index in [0.29, 0.717) is 31.2 Å². The Balaban J connectivity index is 1.54. The van der Waals surface area contributed by atoms with Crippen LogP contribution in [0.15, 0.2) is 77.8 Å². The van der Waals surface area contributed by atoms with Crippen molar-refractivity contribution in [2.75, 3.05) is 18.4 Å². The van der Waals surface area contributed by atoms with Crippen LogP contribution in [-0.2, 0) is 16.6 Å². The van der Waals surface area contributed by atoms with E-state index in [1.807, 2.05) is 32.0 Å². The number of anilines is 1. The third-order valence-electron chi connectivity index (χ3n) is 5.23. The molecule has 4 rings (SSSR count). The Morgan fingerprint density at radius 1 is 0.871 bits per heavy atom. The number of aromatic nitrogens is 3. The second-order valence-electron chi connectivity index (χ2n) is 7.12. The molecule has 0 aliphatic rings. The Morgan fingerprint density at radius 2 is 1.55 bits per heavy atom. The summed E-state index contributed by atoms with van der Waals surface area (Å²) in [7, 11) is -3.56. The van der Waals surface area contributed by atoms with Crippen LogP contribution in [0.25, 0.3) is 16.8 Å². The number of nitrogens with zero attached hydrogens (tertiary/aromatic N) is 4. The molecular weight excluding hydrogens is 410 g/mol. The zero-order chi connectivity index (χ0) is 21.8. The van der Waals surface area contributed by atoms with E-state index in [1.165, 1.54) is 9.87 Å². The first-order chi connectivity index (χ1) is 15.0. The summed E-state index contributed by atoms with van der Waals surface area (Å²) in [6.45, 7) is 5.04. The molecule has 1 N–H and O–H groups in total. The molecule has 0 saturated carbocycles. The molecule has 31 heavy (non-hydrogen) atoms. The molecule has 2 heterocycles. The van der Waals surface area contributed by atoms with E-state index in [2.05, 4.69) is 51.9 Å². The average Bonchev–Trinajstić information content (AvgIpc) is 3.21. The first-order valence-corrected chi connectivity index (χ1v) is 11.7. The minimum Gasteiger partial charge on any atom is -0.350 e. The second kappa shape index (κ2) is 8.87. The maximum absolute atomic E-state index is 12.9. The van der Waals surface area contributed by atoms with Crippen LogP contribution in [0.4, 0.5) is 5.95 Å². The highest BCUT2D eigenvalue weighted by Crippen LogP contribution is 2.21. The van der Waals surface area contributed by atoms with Crippen LogP contribution in [0.1, 0.15) is 19.4 Å². The van der Waals surface area contributed by atoms with Gasteiger partial charge in [0.25, 0.3) is 0 Å². The lowest BCUT2D eigenvalue weighted by Crippen LogP contribution is -2.30. The maximum atomic E-state index is 12.9. The maximum Gasteiger partial charge on any atom is 0.244 e. The van der Waals surface area contributed by atoms with Crippen LogP contribution < -0.4 is 5.32 Å². The van der Waals surface area contributed by atoms with Crippen LogP contribution >= 0.6 is 0 Å². The normalized spacial score (nSPS) is 11.8. The van der Waals surface area contributed by atoms with Gasteiger partial charge in [-0.2, -0.15) is 4.31 Å². The zero-order valence-electron chi connectivity index (χ0n) is 17.6. The largest absolute Gasteiger partial charge is 0.350 e. The predicted octanol–water partition coefficient (Wildman–Crippen LogP) is 4.04. The Labute approximate surface area is 182 Å². The molecule has 4 aromatic rings. The molecule has 0 aliphatic heterocycles. The molecule has 0 aliphatic carbocycles. The molecule has 0 spiro atoms. The molecule has 8 heteroatoms. The summed E-state index contributed by atoms with van der Waals surface area (Å²) in [6, 6.07) is 21.8. The lowest BCUT2D eigenvalue weighted by atomic mass is 10.0. The first-order valence-electron chi connectivity index (χ1n) is 10.3. The van der Waals surface area contributed by atoms with Crippen molar-refractivity contribution in [3.8, 4) is 11.1 Å². The monoisotopic (exact) mass is 435 g/mol. The fourth-order valence-corrected chi connectivity index (χ4v) is 4.94. The molecule has 2 aromatic carbocycles. The molecule has 0 radical (unpaired) electrons. The fourth-order valence-electron chi connectivity index (χ4n) is 3.48. The third-order valence-corrected chi connectivity index (χ3v) is 7.26. The van der Waals surface area contributed by atoms with E-state index in [1.54, 1.807) is 22.7 Å². The molecule has 7 nitrogen and oxygen atoms in total. The van der Waals surface area contributed by atoms with Crippen molar-refractivity contribution < 1.29 is 8.42 Å². The van der Waals surface area contributed by atoms with Gasteiger partial charge >= 0.3 is 0 Å². The number of fused-ring (bicyclic) bond motifs is 1. The van der Waals surface area contributed by atoms with Gasteiger partial charge in [0.2, 0.25) is 16.0 Å². The summed E-state index contributed by atoms with van der Waals surface area (Å²) in [5, 5.41) is 11.6. The Bertz CT molecular complexity index is 1260. The lowest BCUT2D eigenvalue weighted by molar-refractivity contribution is 0.445. The van der Waals surface area contributed by atoms with E-state index in [9.17, 15) is 8.42 Å². The molecule has 0 saturated heterocycles. The number of rotatable bonds is 8. The summed E-state index contributed by atoms with van der Waals surface area (Å²) >= 11 is 0. The van der Waals surface area contributed by atoms with Crippen LogP contribution in [-0.4, -0.2) is 40.4 Å². The lowest BCUT2D eigenvalue weighted by Gasteiger charge is -2.18. The minimum atomic E-state index is -3.56. The molecule has 0 unspecified atom stereocenters. The molecule has 0 amide bonds. The molecular formula is C23H25N5O2S. The van der Waals surface area contributed by atoms with Crippen LogP contribution in [0.2, 0.25) is 0 Å². The van der Waals surface area contributed by atoms with Crippen molar-refractivity contribution in [1.82, 2.24) is 18.9 Å². The van der Waals surface area contributed by atoms with Gasteiger partial charge in [0, 0.05) is 25.8 Å². The van der Waals surface area contributed by atoms with Gasteiger partial charge in [0.15, 0.2) is 5.65 Å². The summed E-state index contributed by atoms with van der Waals surface area (Å²) < 4.78 is 28.8. The average molecular weight is 436 g/mol. The van der Waals surface area contributed by atoms with E-state index in [0.717, 1.165) is 11.1 Å². The molecule has 160 valence electrons. The minimum absolute atomic E-state index is 0.221. The van der Waals surface area contributed by atoms with E-state index in [4.69, 9.17) is 0 Å². The number of sulfonamides is 1. The van der Waals surface area contributed by atoms with E-state index >= 15 is 0 Å². The fraction of sp³-hybridized carbons (Fsp3) is 0.217. The van der Waals surface area contributed by atoms with Gasteiger partial charge in [0.05, 0.1) is 4.90 Å². The van der Waals surface area contributed by atoms with Gasteiger partial charge in [-0.1, -0.05) is 68.4 Å². The standard InChI is InChI=1S/C23H25N5O2S/c1-3-27(4-2)31(29,30)21-14-15-22-25-26-23(28(22)17-21)24-16-18-10-12-20(13-11-18)19-8-6-5-7-9-19/h5-15,17H,3-4,16H2,1-2H3,(H,24,26). The van der Waals surface area contributed by atoms with Crippen LogP contribution in [0, 0.1) is 0 Å². The number of hydrogen-bond donors (Lipinski definition) is 1. The predicted molar refractivity (Wildman–Crippen MR) is 122 cm³/mol. The van der Waals surface area contributed by atoms with E-state index in [-0.39, 0.29) is 4.90 Å². The molecule has 2 aromatic heterocycles. The van der Waals surface area contributed by atoms with Crippen molar-refractivity contribution in [3.05, 3.63) is 78.5 Å². The highest BCUT2D eigenvalue weighted by atomic mass is 32.2. The summed E-state index contributed by atoms with van der Waals surface area (Å²) in [4.78, 5) is 0.221. The highest BCUT2D eigenvalue weighted by Gasteiger charge is 2.22. The number of benzene rings is 2. The summed E-state index contributed by atoms with van der Waals surface area (Å²) in [6.07, 6.45) is 1.57. The smallest absolute Gasteiger partial charge is 0.244 e. The molecule has 0 atom stereocenters. The van der Waals surface area contributed by atoms with Crippen molar-refractivity contribution in [2.45, 2.75) is 25.3 Å². The quantitative estimate of drug-likeness (QED) is 0.452. The number of nitrogens with one attached hydrogen (secondary N) is 1. The van der Waals surface area contributed by atoms with Gasteiger partial charge in [0.1, 0.15) is 0 Å². The van der Waals surface area contributed by atoms with Crippen LogP contribution in [0.3, 0.4) is 0 Å². The summed E-state index contributed by atoms with van der Waals surface area (Å²) in [5.74, 6) is 0.499. The number of pyridine rings is 1. The van der Waals surface area contributed by atoms with Crippen LogP contribution in [0.5, 0.6) is 0 Å². The van der Waals surface area contributed by atoms with Gasteiger partial charge < -0.3 is 5.32 Å². The third kappa shape index (κ3) is 4.30. The van der Waals surface area contributed by atoms with Gasteiger partial charge in [-0.05, 0) is 28.8 Å². The molecule has 0 fully saturated rings. The SMILES string of the molecule is CCN(CC)S(=O)(=O)c1ccc2nnc(NCc3ccc(-c4ccccc4)cc3)n2c1. The zero-order valence-corrected chi connectivity index (χ0v) is 18.4. The Kier molecular flexibility index (Phi) is 6.01. The van der Waals surface area contributed by atoms with Crippen molar-refractivity contribution in [2.24, 2.45) is 0 Å². The van der Waals surface area contributed by atoms with E-state index < -0.39 is 10.0 Å². The molecule has 0 bridgehead atoms. The van der Waals surface area contributed by atoms with Crippen molar-refractivity contribution in [1.29, 1.82) is 0 Å². The first kappa shape index (κ1) is 21.0. The topological polar surface area (TPSA) is 79.6 Å². The number of hydrogen-bond acceptors (Lipinski definition) is 5. The van der Waals surface area contributed by atoms with Gasteiger partial charge in [-0.25, -0.2) is 8.42 Å². The van der Waals surface area contributed by atoms with Crippen molar-refractivity contribution >= 4 is 21.6 Å². The Hall–Kier alpha value is -3.23. The van der Waals surface area contributed by atoms with Gasteiger partial charge in [-0.15, -0.1) is 10.2 Å². The second-order valence-corrected chi connectivity index (χ2v) is 9.06. The summed E-state index contributed by atoms with van der Waals surface area (Å²) in [5.41, 5.74) is 4.00. The highest BCUT2D eigenvalue weighted by molar-refractivity contribution is 7.89. The van der Waals surface area contributed by atoms with Gasteiger partial charge in [-0.3, -0.25) is 4.40 Å². The van der Waals surface area contributed by atoms with Crippen molar-refractivity contribution in [3.63, 3.8) is 0 Å². The Morgan fingerprint density at radius 3 is 2.23 bits per heavy atom.